The minimum atomic E-state index is -0.958. The van der Waals surface area contributed by atoms with Crippen LogP contribution in [0.4, 0.5) is 0 Å². The lowest BCUT2D eigenvalue weighted by molar-refractivity contribution is -0.157. The number of hydrogen-bond acceptors (Lipinski definition) is 5. The molecule has 96 valence electrons. The van der Waals surface area contributed by atoms with Gasteiger partial charge in [0.15, 0.2) is 0 Å². The second kappa shape index (κ2) is 3.71. The van der Waals surface area contributed by atoms with Crippen LogP contribution in [0, 0.1) is 0 Å². The molecular formula is C10H12N4O3S. The Balaban J connectivity index is 1.90. The standard InChI is InChI=1S/C10H12N4O3S/c1-10(5-13-3-2-11-12-13)8(9(16)17)14-6(15)4-7(14)18-10/h2-3,7-8H,4-5H2,1H3,(H,16,17)/t7-,8+,10+/m1/s1. The summed E-state index contributed by atoms with van der Waals surface area (Å²) >= 11 is 1.54. The van der Waals surface area contributed by atoms with Gasteiger partial charge in [-0.3, -0.25) is 9.48 Å². The SMILES string of the molecule is C[C@@]1(Cn2ccnn2)S[C@@H]2CC(=O)N2[C@H]1C(=O)O. The number of carboxylic acids is 1. The maximum atomic E-state index is 11.5. The first-order valence-corrected chi connectivity index (χ1v) is 6.45. The van der Waals surface area contributed by atoms with Crippen LogP contribution in [0.1, 0.15) is 13.3 Å². The topological polar surface area (TPSA) is 88.3 Å². The Morgan fingerprint density at radius 2 is 2.50 bits per heavy atom. The molecule has 0 unspecified atom stereocenters. The van der Waals surface area contributed by atoms with E-state index in [9.17, 15) is 14.7 Å². The normalized spacial score (nSPS) is 34.3. The molecule has 0 aromatic carbocycles. The third-order valence-corrected chi connectivity index (χ3v) is 4.95. The summed E-state index contributed by atoms with van der Waals surface area (Å²) in [6.07, 6.45) is 3.68. The predicted molar refractivity (Wildman–Crippen MR) is 62.7 cm³/mol. The lowest BCUT2D eigenvalue weighted by atomic mass is 9.96. The summed E-state index contributed by atoms with van der Waals surface area (Å²) in [5, 5.41) is 16.9. The van der Waals surface area contributed by atoms with Crippen molar-refractivity contribution in [3.05, 3.63) is 12.4 Å². The monoisotopic (exact) mass is 268 g/mol. The average molecular weight is 268 g/mol. The summed E-state index contributed by atoms with van der Waals surface area (Å²) in [5.41, 5.74) is 0. The first-order valence-electron chi connectivity index (χ1n) is 5.57. The average Bonchev–Trinajstić information content (AvgIpc) is 2.83. The molecule has 1 aromatic rings. The van der Waals surface area contributed by atoms with E-state index in [2.05, 4.69) is 10.3 Å². The van der Waals surface area contributed by atoms with E-state index in [4.69, 9.17) is 0 Å². The largest absolute Gasteiger partial charge is 0.480 e. The molecule has 3 atom stereocenters. The lowest BCUT2D eigenvalue weighted by Crippen LogP contribution is -2.58. The number of rotatable bonds is 3. The Kier molecular flexibility index (Phi) is 2.37. The number of aliphatic carboxylic acids is 1. The van der Waals surface area contributed by atoms with E-state index in [1.807, 2.05) is 6.92 Å². The molecule has 3 heterocycles. The van der Waals surface area contributed by atoms with Crippen LogP contribution in [0.2, 0.25) is 0 Å². The van der Waals surface area contributed by atoms with Crippen molar-refractivity contribution < 1.29 is 14.7 Å². The van der Waals surface area contributed by atoms with E-state index in [0.29, 0.717) is 13.0 Å². The highest BCUT2D eigenvalue weighted by atomic mass is 32.2. The first kappa shape index (κ1) is 11.5. The molecule has 0 aliphatic carbocycles. The Labute approximate surface area is 107 Å². The van der Waals surface area contributed by atoms with Gasteiger partial charge in [-0.05, 0) is 6.92 Å². The Hall–Kier alpha value is -1.57. The van der Waals surface area contributed by atoms with Gasteiger partial charge in [0.1, 0.15) is 6.04 Å². The number of carbonyl (C=O) groups excluding carboxylic acids is 1. The molecular weight excluding hydrogens is 256 g/mol. The fraction of sp³-hybridized carbons (Fsp3) is 0.600. The molecule has 2 aliphatic heterocycles. The number of aromatic nitrogens is 3. The highest BCUT2D eigenvalue weighted by Gasteiger charge is 2.60. The molecule has 0 spiro atoms. The van der Waals surface area contributed by atoms with E-state index in [1.165, 1.54) is 16.7 Å². The van der Waals surface area contributed by atoms with Crippen molar-refractivity contribution in [2.75, 3.05) is 0 Å². The quantitative estimate of drug-likeness (QED) is 0.763. The van der Waals surface area contributed by atoms with Crippen molar-refractivity contribution in [1.82, 2.24) is 19.9 Å². The Bertz CT molecular complexity index is 505. The highest BCUT2D eigenvalue weighted by molar-refractivity contribution is 8.01. The van der Waals surface area contributed by atoms with Gasteiger partial charge in [0.05, 0.1) is 29.3 Å². The fourth-order valence-electron chi connectivity index (χ4n) is 2.62. The maximum Gasteiger partial charge on any atom is 0.327 e. The van der Waals surface area contributed by atoms with E-state index in [0.717, 1.165) is 0 Å². The number of thioether (sulfide) groups is 1. The Morgan fingerprint density at radius 3 is 3.06 bits per heavy atom. The molecule has 0 saturated carbocycles. The van der Waals surface area contributed by atoms with Gasteiger partial charge in [-0.25, -0.2) is 4.79 Å². The molecule has 18 heavy (non-hydrogen) atoms. The second-order valence-electron chi connectivity index (χ2n) is 4.73. The molecule has 1 amide bonds. The molecule has 1 N–H and O–H groups in total. The fourth-order valence-corrected chi connectivity index (χ4v) is 4.37. The van der Waals surface area contributed by atoms with E-state index in [1.54, 1.807) is 17.1 Å². The van der Waals surface area contributed by atoms with Crippen molar-refractivity contribution in [3.63, 3.8) is 0 Å². The summed E-state index contributed by atoms with van der Waals surface area (Å²) in [6, 6.07) is -0.794. The molecule has 0 bridgehead atoms. The number of amides is 1. The van der Waals surface area contributed by atoms with Gasteiger partial charge in [-0.15, -0.1) is 16.9 Å². The lowest BCUT2D eigenvalue weighted by Gasteiger charge is -2.36. The van der Waals surface area contributed by atoms with Gasteiger partial charge in [-0.1, -0.05) is 5.21 Å². The molecule has 3 rings (SSSR count). The molecule has 2 saturated heterocycles. The second-order valence-corrected chi connectivity index (χ2v) is 6.44. The van der Waals surface area contributed by atoms with Crippen LogP contribution < -0.4 is 0 Å². The van der Waals surface area contributed by atoms with E-state index >= 15 is 0 Å². The number of nitrogens with zero attached hydrogens (tertiary/aromatic N) is 4. The minimum absolute atomic E-state index is 0.00729. The van der Waals surface area contributed by atoms with Crippen molar-refractivity contribution in [2.24, 2.45) is 0 Å². The smallest absolute Gasteiger partial charge is 0.327 e. The summed E-state index contributed by atoms with van der Waals surface area (Å²) in [7, 11) is 0. The van der Waals surface area contributed by atoms with Crippen LogP contribution in [0.3, 0.4) is 0 Å². The van der Waals surface area contributed by atoms with Crippen molar-refractivity contribution in [2.45, 2.75) is 36.1 Å². The van der Waals surface area contributed by atoms with Crippen LogP contribution in [-0.2, 0) is 16.1 Å². The summed E-state index contributed by atoms with van der Waals surface area (Å²) < 4.78 is 1.04. The van der Waals surface area contributed by atoms with Gasteiger partial charge in [0, 0.05) is 6.20 Å². The number of carbonyl (C=O) groups is 2. The predicted octanol–water partition coefficient (Wildman–Crippen LogP) is -0.205. The van der Waals surface area contributed by atoms with Gasteiger partial charge in [-0.2, -0.15) is 0 Å². The number of fused-ring (bicyclic) bond motifs is 1. The zero-order chi connectivity index (χ0) is 12.9. The minimum Gasteiger partial charge on any atom is -0.480 e. The molecule has 8 heteroatoms. The van der Waals surface area contributed by atoms with E-state index < -0.39 is 16.8 Å². The first-order chi connectivity index (χ1) is 8.51. The number of β-lactam (4-membered cyclic amide) rings is 1. The third-order valence-electron chi connectivity index (χ3n) is 3.39. The highest BCUT2D eigenvalue weighted by Crippen LogP contribution is 2.51. The van der Waals surface area contributed by atoms with Crippen molar-refractivity contribution in [3.8, 4) is 0 Å². The number of carboxylic acid groups (broad SMARTS) is 1. The number of hydrogen-bond donors (Lipinski definition) is 1. The van der Waals surface area contributed by atoms with Gasteiger partial charge < -0.3 is 10.0 Å². The van der Waals surface area contributed by atoms with Crippen LogP contribution in [0.5, 0.6) is 0 Å². The zero-order valence-electron chi connectivity index (χ0n) is 9.68. The molecule has 7 nitrogen and oxygen atoms in total. The Morgan fingerprint density at radius 1 is 1.72 bits per heavy atom. The molecule has 1 aromatic heterocycles. The van der Waals surface area contributed by atoms with Crippen molar-refractivity contribution >= 4 is 23.6 Å². The van der Waals surface area contributed by atoms with Crippen LogP contribution in [-0.4, -0.2) is 53.0 Å². The maximum absolute atomic E-state index is 11.5. The van der Waals surface area contributed by atoms with Gasteiger partial charge >= 0.3 is 5.97 Å². The van der Waals surface area contributed by atoms with Crippen molar-refractivity contribution in [1.29, 1.82) is 0 Å². The molecule has 0 radical (unpaired) electrons. The molecule has 2 fully saturated rings. The summed E-state index contributed by atoms with van der Waals surface area (Å²) in [6.45, 7) is 2.29. The van der Waals surface area contributed by atoms with Gasteiger partial charge in [0.25, 0.3) is 0 Å². The van der Waals surface area contributed by atoms with Crippen LogP contribution >= 0.6 is 11.8 Å². The van der Waals surface area contributed by atoms with Crippen LogP contribution in [0.15, 0.2) is 12.4 Å². The summed E-state index contributed by atoms with van der Waals surface area (Å²) in [4.78, 5) is 24.4. The molecule has 2 aliphatic rings. The third kappa shape index (κ3) is 1.52. The van der Waals surface area contributed by atoms with Gasteiger partial charge in [0.2, 0.25) is 5.91 Å². The summed E-state index contributed by atoms with van der Waals surface area (Å²) in [5.74, 6) is -1.04. The van der Waals surface area contributed by atoms with E-state index in [-0.39, 0.29) is 11.3 Å². The zero-order valence-corrected chi connectivity index (χ0v) is 10.5. The van der Waals surface area contributed by atoms with Crippen LogP contribution in [0.25, 0.3) is 0 Å².